The summed E-state index contributed by atoms with van der Waals surface area (Å²) in [4.78, 5) is 11.1. The molecule has 0 bridgehead atoms. The topological polar surface area (TPSA) is 75.3 Å². The summed E-state index contributed by atoms with van der Waals surface area (Å²) in [6, 6.07) is 6.13. The van der Waals surface area contributed by atoms with Gasteiger partial charge in [0.2, 0.25) is 15.9 Å². The van der Waals surface area contributed by atoms with Crippen molar-refractivity contribution in [3.63, 3.8) is 0 Å². The Labute approximate surface area is 127 Å². The van der Waals surface area contributed by atoms with Gasteiger partial charge in [-0.25, -0.2) is 13.1 Å². The lowest BCUT2D eigenvalue weighted by atomic mass is 10.1. The van der Waals surface area contributed by atoms with E-state index in [0.29, 0.717) is 18.2 Å². The van der Waals surface area contributed by atoms with E-state index in [-0.39, 0.29) is 10.8 Å². The lowest BCUT2D eigenvalue weighted by Crippen LogP contribution is -2.24. The summed E-state index contributed by atoms with van der Waals surface area (Å²) in [6.07, 6.45) is 2.95. The van der Waals surface area contributed by atoms with Crippen LogP contribution in [0.3, 0.4) is 0 Å². The van der Waals surface area contributed by atoms with Crippen LogP contribution in [0.1, 0.15) is 40.0 Å². The molecule has 118 valence electrons. The highest BCUT2D eigenvalue weighted by Crippen LogP contribution is 2.14. The van der Waals surface area contributed by atoms with Crippen molar-refractivity contribution < 1.29 is 13.2 Å². The summed E-state index contributed by atoms with van der Waals surface area (Å²) in [5.41, 5.74) is 0.582. The van der Waals surface area contributed by atoms with E-state index in [9.17, 15) is 13.2 Å². The zero-order valence-electron chi connectivity index (χ0n) is 12.8. The molecule has 0 aliphatic heterocycles. The van der Waals surface area contributed by atoms with E-state index in [0.717, 1.165) is 19.3 Å². The van der Waals surface area contributed by atoms with Crippen LogP contribution in [0.15, 0.2) is 29.2 Å². The molecule has 0 aliphatic rings. The van der Waals surface area contributed by atoms with E-state index in [4.69, 9.17) is 0 Å². The molecule has 0 fully saturated rings. The van der Waals surface area contributed by atoms with Crippen LogP contribution in [0.25, 0.3) is 0 Å². The molecule has 0 saturated heterocycles. The lowest BCUT2D eigenvalue weighted by Gasteiger charge is -2.08. The van der Waals surface area contributed by atoms with Crippen LogP contribution in [0.5, 0.6) is 0 Å². The number of carbonyl (C=O) groups is 1. The third kappa shape index (κ3) is 6.73. The molecule has 1 aromatic carbocycles. The molecule has 1 rings (SSSR count). The Morgan fingerprint density at radius 3 is 2.29 bits per heavy atom. The van der Waals surface area contributed by atoms with E-state index in [1.54, 1.807) is 12.1 Å². The zero-order valence-corrected chi connectivity index (χ0v) is 13.7. The second-order valence-corrected chi connectivity index (χ2v) is 7.26. The molecule has 1 aromatic rings. The van der Waals surface area contributed by atoms with Crippen LogP contribution in [0, 0.1) is 5.92 Å². The van der Waals surface area contributed by atoms with Crippen LogP contribution in [-0.4, -0.2) is 20.9 Å². The molecule has 0 heterocycles. The Morgan fingerprint density at radius 1 is 1.14 bits per heavy atom. The normalized spacial score (nSPS) is 11.6. The Bertz CT molecular complexity index is 551. The van der Waals surface area contributed by atoms with Crippen molar-refractivity contribution >= 4 is 21.6 Å². The monoisotopic (exact) mass is 312 g/mol. The molecule has 5 nitrogen and oxygen atoms in total. The maximum absolute atomic E-state index is 12.1. The predicted molar refractivity (Wildman–Crippen MR) is 84.6 cm³/mol. The number of nitrogens with one attached hydrogen (secondary N) is 2. The van der Waals surface area contributed by atoms with Gasteiger partial charge in [-0.1, -0.05) is 26.7 Å². The molecular weight excluding hydrogens is 288 g/mol. The van der Waals surface area contributed by atoms with Crippen molar-refractivity contribution in [3.05, 3.63) is 24.3 Å². The Hall–Kier alpha value is -1.40. The minimum atomic E-state index is -3.47. The molecule has 6 heteroatoms. The van der Waals surface area contributed by atoms with Crippen molar-refractivity contribution in [2.45, 2.75) is 44.9 Å². The third-order valence-corrected chi connectivity index (χ3v) is 4.46. The van der Waals surface area contributed by atoms with Gasteiger partial charge in [-0.05, 0) is 36.6 Å². The van der Waals surface area contributed by atoms with Crippen LogP contribution >= 0.6 is 0 Å². The van der Waals surface area contributed by atoms with Gasteiger partial charge in [0.05, 0.1) is 4.90 Å². The molecular formula is C15H24N2O3S. The van der Waals surface area contributed by atoms with E-state index < -0.39 is 10.0 Å². The lowest BCUT2D eigenvalue weighted by molar-refractivity contribution is -0.114. The quantitative estimate of drug-likeness (QED) is 0.725. The largest absolute Gasteiger partial charge is 0.326 e. The molecule has 0 aromatic heterocycles. The molecule has 0 unspecified atom stereocenters. The molecule has 0 spiro atoms. The highest BCUT2D eigenvalue weighted by molar-refractivity contribution is 7.89. The number of anilines is 1. The summed E-state index contributed by atoms with van der Waals surface area (Å²) < 4.78 is 26.7. The van der Waals surface area contributed by atoms with Crippen LogP contribution in [-0.2, 0) is 14.8 Å². The first-order valence-corrected chi connectivity index (χ1v) is 8.67. The predicted octanol–water partition coefficient (Wildman–Crippen LogP) is 2.75. The van der Waals surface area contributed by atoms with Crippen molar-refractivity contribution in [1.29, 1.82) is 0 Å². The van der Waals surface area contributed by atoms with E-state index in [1.807, 2.05) is 0 Å². The molecule has 0 saturated carbocycles. The van der Waals surface area contributed by atoms with Gasteiger partial charge in [-0.2, -0.15) is 0 Å². The highest BCUT2D eigenvalue weighted by atomic mass is 32.2. The SMILES string of the molecule is CC(=O)Nc1ccc(S(=O)(=O)NCCCCC(C)C)cc1. The summed E-state index contributed by atoms with van der Waals surface area (Å²) in [7, 11) is -3.47. The Kier molecular flexibility index (Phi) is 6.84. The van der Waals surface area contributed by atoms with Gasteiger partial charge >= 0.3 is 0 Å². The van der Waals surface area contributed by atoms with E-state index >= 15 is 0 Å². The summed E-state index contributed by atoms with van der Waals surface area (Å²) in [5.74, 6) is 0.455. The average Bonchev–Trinajstić information content (AvgIpc) is 2.37. The number of amides is 1. The van der Waals surface area contributed by atoms with Gasteiger partial charge in [0, 0.05) is 19.2 Å². The molecule has 1 amide bonds. The first-order chi connectivity index (χ1) is 9.81. The minimum absolute atomic E-state index is 0.186. The first kappa shape index (κ1) is 17.7. The minimum Gasteiger partial charge on any atom is -0.326 e. The maximum Gasteiger partial charge on any atom is 0.240 e. The van der Waals surface area contributed by atoms with Crippen molar-refractivity contribution in [2.75, 3.05) is 11.9 Å². The fourth-order valence-corrected chi connectivity index (χ4v) is 2.96. The van der Waals surface area contributed by atoms with Crippen LogP contribution < -0.4 is 10.0 Å². The zero-order chi connectivity index (χ0) is 15.9. The van der Waals surface area contributed by atoms with Gasteiger partial charge in [0.1, 0.15) is 0 Å². The first-order valence-electron chi connectivity index (χ1n) is 7.18. The number of sulfonamides is 1. The molecule has 0 radical (unpaired) electrons. The fourth-order valence-electron chi connectivity index (χ4n) is 1.89. The maximum atomic E-state index is 12.1. The van der Waals surface area contributed by atoms with E-state index in [2.05, 4.69) is 23.9 Å². The summed E-state index contributed by atoms with van der Waals surface area (Å²) in [5, 5.41) is 2.60. The smallest absolute Gasteiger partial charge is 0.240 e. The molecule has 2 N–H and O–H groups in total. The Balaban J connectivity index is 2.52. The van der Waals surface area contributed by atoms with Crippen LogP contribution in [0.2, 0.25) is 0 Å². The number of rotatable bonds is 8. The van der Waals surface area contributed by atoms with Gasteiger partial charge in [0.15, 0.2) is 0 Å². The molecule has 21 heavy (non-hydrogen) atoms. The number of carbonyl (C=O) groups excluding carboxylic acids is 1. The van der Waals surface area contributed by atoms with Gasteiger partial charge in [0.25, 0.3) is 0 Å². The van der Waals surface area contributed by atoms with Gasteiger partial charge in [-0.15, -0.1) is 0 Å². The average molecular weight is 312 g/mol. The van der Waals surface area contributed by atoms with E-state index in [1.165, 1.54) is 19.1 Å². The molecule has 0 atom stereocenters. The van der Waals surface area contributed by atoms with Crippen molar-refractivity contribution in [2.24, 2.45) is 5.92 Å². The van der Waals surface area contributed by atoms with Gasteiger partial charge in [-0.3, -0.25) is 4.79 Å². The summed E-state index contributed by atoms with van der Waals surface area (Å²) >= 11 is 0. The standard InChI is InChI=1S/C15H24N2O3S/c1-12(2)6-4-5-11-16-21(19,20)15-9-7-14(8-10-15)17-13(3)18/h7-10,12,16H,4-6,11H2,1-3H3,(H,17,18). The van der Waals surface area contributed by atoms with Crippen molar-refractivity contribution in [3.8, 4) is 0 Å². The molecule has 0 aliphatic carbocycles. The second kappa shape index (κ2) is 8.14. The highest BCUT2D eigenvalue weighted by Gasteiger charge is 2.13. The van der Waals surface area contributed by atoms with Crippen molar-refractivity contribution in [1.82, 2.24) is 4.72 Å². The second-order valence-electron chi connectivity index (χ2n) is 5.49. The summed E-state index contributed by atoms with van der Waals surface area (Å²) in [6.45, 7) is 6.16. The number of benzene rings is 1. The van der Waals surface area contributed by atoms with Crippen LogP contribution in [0.4, 0.5) is 5.69 Å². The Morgan fingerprint density at radius 2 is 1.76 bits per heavy atom. The third-order valence-electron chi connectivity index (χ3n) is 2.99. The number of unbranched alkanes of at least 4 members (excludes halogenated alkanes) is 1. The number of hydrogen-bond acceptors (Lipinski definition) is 3. The van der Waals surface area contributed by atoms with Gasteiger partial charge < -0.3 is 5.32 Å². The number of hydrogen-bond donors (Lipinski definition) is 2. The fraction of sp³-hybridized carbons (Fsp3) is 0.533.